The maximum absolute atomic E-state index is 3.98. The van der Waals surface area contributed by atoms with Crippen molar-refractivity contribution in [3.63, 3.8) is 0 Å². The fourth-order valence-electron chi connectivity index (χ4n) is 1.19. The first-order valence-electron chi connectivity index (χ1n) is 3.28. The van der Waals surface area contributed by atoms with Gasteiger partial charge in [0, 0.05) is 53.6 Å². The molecule has 0 amide bonds. The average Bonchev–Trinajstić information content (AvgIpc) is 2.33. The van der Waals surface area contributed by atoms with E-state index in [0.29, 0.717) is 0 Å². The van der Waals surface area contributed by atoms with Crippen molar-refractivity contribution in [1.82, 2.24) is 13.3 Å². The van der Waals surface area contributed by atoms with E-state index in [9.17, 15) is 0 Å². The Morgan fingerprint density at radius 2 is 2.60 bits per heavy atom. The van der Waals surface area contributed by atoms with Gasteiger partial charge in [0.2, 0.25) is 0 Å². The topological polar surface area (TPSA) is 31.9 Å². The van der Waals surface area contributed by atoms with Crippen molar-refractivity contribution >= 4 is 22.9 Å². The summed E-state index contributed by atoms with van der Waals surface area (Å²) in [6.07, 6.45) is 3.03. The molecule has 0 radical (unpaired) electrons. The largest absolute Gasteiger partial charge is 0.282 e. The van der Waals surface area contributed by atoms with Crippen LogP contribution in [-0.4, -0.2) is 19.9 Å². The third-order valence-corrected chi connectivity index (χ3v) is 2.58. The number of fused-ring (bicyclic) bond motifs is 1. The molecule has 0 fully saturated rings. The van der Waals surface area contributed by atoms with Crippen molar-refractivity contribution in [1.29, 1.82) is 0 Å². The first-order valence-corrected chi connectivity index (χ1v) is 4.24. The second-order valence-corrected chi connectivity index (χ2v) is 3.83. The van der Waals surface area contributed by atoms with Crippen LogP contribution in [0.15, 0.2) is 6.20 Å². The Hall–Kier alpha value is -0.100. The van der Waals surface area contributed by atoms with Crippen LogP contribution in [0.5, 0.6) is 0 Å². The van der Waals surface area contributed by atoms with Gasteiger partial charge in [-0.1, -0.05) is 0 Å². The van der Waals surface area contributed by atoms with Crippen molar-refractivity contribution in [3.05, 3.63) is 17.5 Å². The maximum atomic E-state index is 3.98. The number of nitrogens with zero attached hydrogens (tertiary/aromatic N) is 2. The molecule has 0 spiro atoms. The van der Waals surface area contributed by atoms with Crippen LogP contribution in [0.25, 0.3) is 0 Å². The third kappa shape index (κ3) is 1.05. The zero-order valence-electron chi connectivity index (χ0n) is 5.47. The van der Waals surface area contributed by atoms with Crippen LogP contribution in [0.1, 0.15) is 11.3 Å². The summed E-state index contributed by atoms with van der Waals surface area (Å²) in [6.45, 7) is 2.17. The molecule has 0 aliphatic carbocycles. The predicted octanol–water partition coefficient (Wildman–Crippen LogP) is 1.12. The Labute approximate surface area is 73.3 Å². The maximum Gasteiger partial charge on any atom is 0.0535 e. The molecule has 1 aliphatic heterocycles. The molecule has 0 bridgehead atoms. The quantitative estimate of drug-likeness (QED) is 0.552. The number of rotatable bonds is 0. The number of aromatic amines is 1. The Morgan fingerprint density at radius 3 is 3.50 bits per heavy atom. The van der Waals surface area contributed by atoms with Crippen molar-refractivity contribution in [3.8, 4) is 0 Å². The number of halogens is 1. The van der Waals surface area contributed by atoms with Crippen molar-refractivity contribution in [2.75, 3.05) is 6.54 Å². The summed E-state index contributed by atoms with van der Waals surface area (Å²) in [5.41, 5.74) is 2.66. The monoisotopic (exact) mass is 249 g/mol. The van der Waals surface area contributed by atoms with Crippen LogP contribution in [0.2, 0.25) is 0 Å². The highest BCUT2D eigenvalue weighted by Crippen LogP contribution is 2.18. The Morgan fingerprint density at radius 1 is 1.70 bits per heavy atom. The number of aromatic nitrogens is 2. The predicted molar refractivity (Wildman–Crippen MR) is 46.7 cm³/mol. The van der Waals surface area contributed by atoms with Crippen LogP contribution in [0, 0.1) is 0 Å². The molecule has 2 rings (SSSR count). The SMILES string of the molecule is IN1CCc2[nH]ncc2C1. The van der Waals surface area contributed by atoms with Crippen LogP contribution in [-0.2, 0) is 13.0 Å². The first kappa shape index (κ1) is 6.60. The standard InChI is InChI=1S/C6H8IN3/c7-10-2-1-6-5(4-10)3-8-9-6/h3H,1-2,4H2,(H,8,9). The second kappa shape index (κ2) is 2.50. The summed E-state index contributed by atoms with van der Waals surface area (Å²) >= 11 is 2.34. The van der Waals surface area contributed by atoms with Gasteiger partial charge in [-0.25, -0.2) is 3.11 Å². The fourth-order valence-corrected chi connectivity index (χ4v) is 1.80. The fraction of sp³-hybridized carbons (Fsp3) is 0.500. The zero-order valence-corrected chi connectivity index (χ0v) is 7.63. The summed E-state index contributed by atoms with van der Waals surface area (Å²) < 4.78 is 2.27. The first-order chi connectivity index (χ1) is 4.86. The molecule has 0 saturated heterocycles. The highest BCUT2D eigenvalue weighted by atomic mass is 127. The average molecular weight is 249 g/mol. The number of hydrogen-bond acceptors (Lipinski definition) is 2. The molecule has 10 heavy (non-hydrogen) atoms. The molecule has 0 unspecified atom stereocenters. The summed E-state index contributed by atoms with van der Waals surface area (Å²) in [4.78, 5) is 0. The van der Waals surface area contributed by atoms with Gasteiger partial charge >= 0.3 is 0 Å². The molecule has 1 N–H and O–H groups in total. The van der Waals surface area contributed by atoms with E-state index in [4.69, 9.17) is 0 Å². The van der Waals surface area contributed by atoms with Gasteiger partial charge in [-0.3, -0.25) is 5.10 Å². The molecule has 4 heteroatoms. The number of nitrogens with one attached hydrogen (secondary N) is 1. The van der Waals surface area contributed by atoms with Crippen molar-refractivity contribution in [2.45, 2.75) is 13.0 Å². The van der Waals surface area contributed by atoms with Gasteiger partial charge in [0.25, 0.3) is 0 Å². The van der Waals surface area contributed by atoms with Gasteiger partial charge in [-0.05, 0) is 0 Å². The molecule has 0 aromatic carbocycles. The molecule has 3 nitrogen and oxygen atoms in total. The van der Waals surface area contributed by atoms with Gasteiger partial charge in [0.05, 0.1) is 6.20 Å². The number of H-pyrrole nitrogens is 1. The minimum atomic E-state index is 1.03. The third-order valence-electron chi connectivity index (χ3n) is 1.75. The Bertz CT molecular complexity index is 233. The Kier molecular flexibility index (Phi) is 1.65. The van der Waals surface area contributed by atoms with Gasteiger partial charge in [-0.15, -0.1) is 0 Å². The van der Waals surface area contributed by atoms with Crippen LogP contribution < -0.4 is 0 Å². The van der Waals surface area contributed by atoms with E-state index >= 15 is 0 Å². The van der Waals surface area contributed by atoms with E-state index in [1.807, 2.05) is 6.20 Å². The molecule has 2 heterocycles. The Balaban J connectivity index is 2.30. The van der Waals surface area contributed by atoms with Crippen LogP contribution >= 0.6 is 22.9 Å². The van der Waals surface area contributed by atoms with E-state index in [0.717, 1.165) is 19.5 Å². The van der Waals surface area contributed by atoms with Gasteiger partial charge in [0.1, 0.15) is 0 Å². The molecule has 0 saturated carbocycles. The lowest BCUT2D eigenvalue weighted by Crippen LogP contribution is -2.20. The van der Waals surface area contributed by atoms with E-state index in [2.05, 4.69) is 36.2 Å². The number of hydrogen-bond donors (Lipinski definition) is 1. The van der Waals surface area contributed by atoms with E-state index in [1.165, 1.54) is 11.3 Å². The molecule has 1 aromatic rings. The van der Waals surface area contributed by atoms with Crippen LogP contribution in [0.3, 0.4) is 0 Å². The molecule has 54 valence electrons. The summed E-state index contributed by atoms with van der Waals surface area (Å²) in [5, 5.41) is 6.98. The normalized spacial score (nSPS) is 18.9. The molecular formula is C6H8IN3. The highest BCUT2D eigenvalue weighted by molar-refractivity contribution is 14.1. The lowest BCUT2D eigenvalue weighted by Gasteiger charge is -2.18. The van der Waals surface area contributed by atoms with Gasteiger partial charge in [0.15, 0.2) is 0 Å². The zero-order chi connectivity index (χ0) is 6.97. The lowest BCUT2D eigenvalue weighted by molar-refractivity contribution is 0.478. The minimum absolute atomic E-state index is 1.03. The van der Waals surface area contributed by atoms with Crippen molar-refractivity contribution < 1.29 is 0 Å². The van der Waals surface area contributed by atoms with E-state index in [-0.39, 0.29) is 0 Å². The molecule has 1 aliphatic rings. The molecular weight excluding hydrogens is 241 g/mol. The van der Waals surface area contributed by atoms with Crippen LogP contribution in [0.4, 0.5) is 0 Å². The highest BCUT2D eigenvalue weighted by Gasteiger charge is 2.14. The molecule has 0 atom stereocenters. The molecule has 1 aromatic heterocycles. The van der Waals surface area contributed by atoms with Gasteiger partial charge in [-0.2, -0.15) is 5.10 Å². The van der Waals surface area contributed by atoms with Gasteiger partial charge < -0.3 is 0 Å². The lowest BCUT2D eigenvalue weighted by atomic mass is 10.1. The smallest absolute Gasteiger partial charge is 0.0535 e. The van der Waals surface area contributed by atoms with Crippen molar-refractivity contribution in [2.24, 2.45) is 0 Å². The van der Waals surface area contributed by atoms with E-state index < -0.39 is 0 Å². The van der Waals surface area contributed by atoms with E-state index in [1.54, 1.807) is 0 Å². The minimum Gasteiger partial charge on any atom is -0.282 e. The summed E-state index contributed by atoms with van der Waals surface area (Å²) in [7, 11) is 0. The second-order valence-electron chi connectivity index (χ2n) is 2.47. The summed E-state index contributed by atoms with van der Waals surface area (Å²) in [6, 6.07) is 0. The summed E-state index contributed by atoms with van der Waals surface area (Å²) in [5.74, 6) is 0.